The standard InChI is InChI=1S/C15H20N4O2/c1-9(2)8-19-13(14(16)18-15(19)21)11-4-6-12(7-5-11)17-10(3)20/h4-7,9,13H,8H2,1-3H3,(H,17,20)(H2,16,18,21). The SMILES string of the molecule is CC(=O)Nc1ccc(C2C(=N)NC(=O)N2CC(C)C)cc1. The van der Waals surface area contributed by atoms with Crippen LogP contribution in [-0.4, -0.2) is 29.2 Å². The van der Waals surface area contributed by atoms with Gasteiger partial charge in [-0.25, -0.2) is 4.79 Å². The number of urea groups is 1. The van der Waals surface area contributed by atoms with Gasteiger partial charge in [-0.1, -0.05) is 26.0 Å². The Morgan fingerprint density at radius 2 is 2.00 bits per heavy atom. The van der Waals surface area contributed by atoms with Crippen LogP contribution < -0.4 is 10.6 Å². The lowest BCUT2D eigenvalue weighted by Crippen LogP contribution is -2.33. The van der Waals surface area contributed by atoms with Crippen molar-refractivity contribution < 1.29 is 9.59 Å². The molecule has 0 radical (unpaired) electrons. The number of benzene rings is 1. The Kier molecular flexibility index (Phi) is 4.26. The van der Waals surface area contributed by atoms with E-state index in [9.17, 15) is 9.59 Å². The van der Waals surface area contributed by atoms with Crippen LogP contribution in [0.1, 0.15) is 32.4 Å². The third-order valence-electron chi connectivity index (χ3n) is 3.20. The minimum atomic E-state index is -0.383. The van der Waals surface area contributed by atoms with Crippen molar-refractivity contribution in [3.05, 3.63) is 29.8 Å². The second-order valence-corrected chi connectivity index (χ2v) is 5.60. The Morgan fingerprint density at radius 1 is 1.38 bits per heavy atom. The van der Waals surface area contributed by atoms with Crippen LogP contribution in [0.25, 0.3) is 0 Å². The molecule has 1 heterocycles. The maximum atomic E-state index is 11.9. The number of hydrogen-bond acceptors (Lipinski definition) is 3. The average Bonchev–Trinajstić information content (AvgIpc) is 2.64. The zero-order valence-corrected chi connectivity index (χ0v) is 12.4. The van der Waals surface area contributed by atoms with Gasteiger partial charge in [-0.05, 0) is 23.6 Å². The Bertz CT molecular complexity index is 566. The van der Waals surface area contributed by atoms with E-state index in [0.717, 1.165) is 5.56 Å². The predicted molar refractivity (Wildman–Crippen MR) is 81.3 cm³/mol. The van der Waals surface area contributed by atoms with Crippen LogP contribution in [0.2, 0.25) is 0 Å². The molecule has 112 valence electrons. The number of carbonyl (C=O) groups excluding carboxylic acids is 2. The van der Waals surface area contributed by atoms with Crippen molar-refractivity contribution in [1.29, 1.82) is 5.41 Å². The minimum absolute atomic E-state index is 0.130. The summed E-state index contributed by atoms with van der Waals surface area (Å²) in [6.07, 6.45) is 0. The number of amidine groups is 1. The molecule has 1 aromatic rings. The summed E-state index contributed by atoms with van der Waals surface area (Å²) < 4.78 is 0. The smallest absolute Gasteiger partial charge is 0.323 e. The van der Waals surface area contributed by atoms with Crippen molar-refractivity contribution in [2.75, 3.05) is 11.9 Å². The van der Waals surface area contributed by atoms with Gasteiger partial charge < -0.3 is 10.2 Å². The molecule has 1 aromatic carbocycles. The zero-order valence-electron chi connectivity index (χ0n) is 12.4. The second-order valence-electron chi connectivity index (χ2n) is 5.60. The number of nitrogens with zero attached hydrogens (tertiary/aromatic N) is 1. The van der Waals surface area contributed by atoms with Crippen LogP contribution in [0.15, 0.2) is 24.3 Å². The number of amides is 3. The lowest BCUT2D eigenvalue weighted by Gasteiger charge is -2.24. The molecule has 1 aliphatic heterocycles. The van der Waals surface area contributed by atoms with E-state index in [0.29, 0.717) is 18.2 Å². The van der Waals surface area contributed by atoms with Crippen molar-refractivity contribution >= 4 is 23.5 Å². The quantitative estimate of drug-likeness (QED) is 0.794. The molecule has 2 rings (SSSR count). The number of carbonyl (C=O) groups is 2. The summed E-state index contributed by atoms with van der Waals surface area (Å²) in [5, 5.41) is 13.2. The summed E-state index contributed by atoms with van der Waals surface area (Å²) in [5.41, 5.74) is 1.55. The average molecular weight is 288 g/mol. The molecule has 6 nitrogen and oxygen atoms in total. The van der Waals surface area contributed by atoms with Crippen molar-refractivity contribution in [3.63, 3.8) is 0 Å². The number of hydrogen-bond donors (Lipinski definition) is 3. The van der Waals surface area contributed by atoms with Gasteiger partial charge >= 0.3 is 6.03 Å². The molecule has 0 aromatic heterocycles. The van der Waals surface area contributed by atoms with Gasteiger partial charge in [-0.3, -0.25) is 15.5 Å². The summed E-state index contributed by atoms with van der Waals surface area (Å²) in [6, 6.07) is 6.60. The minimum Gasteiger partial charge on any atom is -0.326 e. The molecule has 0 aliphatic carbocycles. The highest BCUT2D eigenvalue weighted by Crippen LogP contribution is 2.27. The molecule has 1 aliphatic rings. The molecule has 3 amide bonds. The van der Waals surface area contributed by atoms with E-state index in [1.807, 2.05) is 26.0 Å². The fourth-order valence-electron chi connectivity index (χ4n) is 2.41. The number of nitrogens with one attached hydrogen (secondary N) is 3. The summed E-state index contributed by atoms with van der Waals surface area (Å²) >= 11 is 0. The van der Waals surface area contributed by atoms with Gasteiger partial charge in [0.2, 0.25) is 5.91 Å². The van der Waals surface area contributed by atoms with Crippen LogP contribution >= 0.6 is 0 Å². The lowest BCUT2D eigenvalue weighted by atomic mass is 10.0. The molecule has 1 fully saturated rings. The largest absolute Gasteiger partial charge is 0.326 e. The first-order valence-electron chi connectivity index (χ1n) is 6.92. The fourth-order valence-corrected chi connectivity index (χ4v) is 2.41. The van der Waals surface area contributed by atoms with E-state index in [-0.39, 0.29) is 23.8 Å². The lowest BCUT2D eigenvalue weighted by molar-refractivity contribution is -0.114. The van der Waals surface area contributed by atoms with Crippen molar-refractivity contribution in [1.82, 2.24) is 10.2 Å². The maximum Gasteiger partial charge on any atom is 0.323 e. The topological polar surface area (TPSA) is 85.3 Å². The molecule has 21 heavy (non-hydrogen) atoms. The highest BCUT2D eigenvalue weighted by atomic mass is 16.2. The number of anilines is 1. The van der Waals surface area contributed by atoms with Crippen molar-refractivity contribution in [2.24, 2.45) is 5.92 Å². The normalized spacial score (nSPS) is 18.1. The Hall–Kier alpha value is -2.37. The Balaban J connectivity index is 2.23. The number of rotatable bonds is 4. The van der Waals surface area contributed by atoms with E-state index in [1.165, 1.54) is 6.92 Å². The second kappa shape index (κ2) is 5.95. The van der Waals surface area contributed by atoms with E-state index < -0.39 is 0 Å². The highest BCUT2D eigenvalue weighted by molar-refractivity contribution is 6.06. The highest BCUT2D eigenvalue weighted by Gasteiger charge is 2.36. The van der Waals surface area contributed by atoms with Gasteiger partial charge in [0.1, 0.15) is 11.9 Å². The first-order valence-corrected chi connectivity index (χ1v) is 6.92. The van der Waals surface area contributed by atoms with Gasteiger partial charge in [-0.2, -0.15) is 0 Å². The molecule has 0 bridgehead atoms. The third-order valence-corrected chi connectivity index (χ3v) is 3.20. The Morgan fingerprint density at radius 3 is 2.52 bits per heavy atom. The summed E-state index contributed by atoms with van der Waals surface area (Å²) in [4.78, 5) is 24.6. The van der Waals surface area contributed by atoms with Gasteiger partial charge in [-0.15, -0.1) is 0 Å². The van der Waals surface area contributed by atoms with Crippen LogP contribution in [0.4, 0.5) is 10.5 Å². The van der Waals surface area contributed by atoms with Crippen molar-refractivity contribution in [2.45, 2.75) is 26.8 Å². The molecular weight excluding hydrogens is 268 g/mol. The fraction of sp³-hybridized carbons (Fsp3) is 0.400. The molecule has 6 heteroatoms. The molecule has 0 spiro atoms. The van der Waals surface area contributed by atoms with Crippen LogP contribution in [-0.2, 0) is 4.79 Å². The van der Waals surface area contributed by atoms with Crippen LogP contribution in [0.3, 0.4) is 0 Å². The Labute approximate surface area is 124 Å². The zero-order chi connectivity index (χ0) is 15.6. The first-order chi connectivity index (χ1) is 9.88. The molecule has 1 unspecified atom stereocenters. The molecule has 1 atom stereocenters. The van der Waals surface area contributed by atoms with Gasteiger partial charge in [0.25, 0.3) is 0 Å². The van der Waals surface area contributed by atoms with Crippen LogP contribution in [0, 0.1) is 11.3 Å². The molecule has 3 N–H and O–H groups in total. The summed E-state index contributed by atoms with van der Waals surface area (Å²) in [6.45, 7) is 6.11. The summed E-state index contributed by atoms with van der Waals surface area (Å²) in [7, 11) is 0. The molecule has 1 saturated heterocycles. The van der Waals surface area contributed by atoms with Gasteiger partial charge in [0.05, 0.1) is 0 Å². The van der Waals surface area contributed by atoms with E-state index >= 15 is 0 Å². The third kappa shape index (κ3) is 3.39. The molecule has 0 saturated carbocycles. The van der Waals surface area contributed by atoms with Crippen molar-refractivity contribution in [3.8, 4) is 0 Å². The first kappa shape index (κ1) is 15.0. The van der Waals surface area contributed by atoms with Gasteiger partial charge in [0.15, 0.2) is 0 Å². The predicted octanol–water partition coefficient (Wildman–Crippen LogP) is 2.34. The maximum absolute atomic E-state index is 11.9. The monoisotopic (exact) mass is 288 g/mol. The van der Waals surface area contributed by atoms with E-state index in [1.54, 1.807) is 17.0 Å². The molecular formula is C15H20N4O2. The van der Waals surface area contributed by atoms with Gasteiger partial charge in [0, 0.05) is 19.2 Å². The van der Waals surface area contributed by atoms with Crippen LogP contribution in [0.5, 0.6) is 0 Å². The van der Waals surface area contributed by atoms with E-state index in [2.05, 4.69) is 10.6 Å². The van der Waals surface area contributed by atoms with E-state index in [4.69, 9.17) is 5.41 Å². The summed E-state index contributed by atoms with van der Waals surface area (Å²) in [5.74, 6) is 0.380.